The van der Waals surface area contributed by atoms with Crippen LogP contribution in [0.15, 0.2) is 53.4 Å². The molecule has 0 aliphatic heterocycles. The van der Waals surface area contributed by atoms with Crippen LogP contribution in [0.5, 0.6) is 5.75 Å². The Morgan fingerprint density at radius 3 is 2.12 bits per heavy atom. The average molecular weight is 346 g/mol. The molecule has 2 aromatic carbocycles. The van der Waals surface area contributed by atoms with Crippen LogP contribution in [0.1, 0.15) is 17.0 Å². The minimum absolute atomic E-state index is 0.167. The standard InChI is InChI=1S/C18H18O5S/c1-11-3-9-14(10-4-11)24(21,22)17-15(16(17)18(19)20)12-5-7-13(23-2)8-6-12/h3-10,15-17H,1-2H3,(H,19,20)/t15-,16-,17+/m0/s1. The fraction of sp³-hybridized carbons (Fsp3) is 0.278. The lowest BCUT2D eigenvalue weighted by atomic mass is 10.1. The molecule has 0 heterocycles. The molecule has 0 aromatic heterocycles. The number of methoxy groups -OCH3 is 1. The third kappa shape index (κ3) is 2.78. The molecule has 24 heavy (non-hydrogen) atoms. The molecule has 6 heteroatoms. The number of carboxylic acids is 1. The Morgan fingerprint density at radius 2 is 1.62 bits per heavy atom. The van der Waals surface area contributed by atoms with Crippen LogP contribution in [0.3, 0.4) is 0 Å². The van der Waals surface area contributed by atoms with Crippen molar-refractivity contribution in [2.24, 2.45) is 5.92 Å². The molecule has 3 rings (SSSR count). The molecule has 1 N–H and O–H groups in total. The molecule has 1 aliphatic carbocycles. The van der Waals surface area contributed by atoms with Crippen molar-refractivity contribution in [1.82, 2.24) is 0 Å². The SMILES string of the molecule is COc1ccc([C@H]2[C@H](C(=O)O)[C@@H]2S(=O)(=O)c2ccc(C)cc2)cc1. The van der Waals surface area contributed by atoms with Crippen molar-refractivity contribution in [3.05, 3.63) is 59.7 Å². The summed E-state index contributed by atoms with van der Waals surface area (Å²) in [7, 11) is -2.16. The zero-order chi connectivity index (χ0) is 17.5. The van der Waals surface area contributed by atoms with Gasteiger partial charge in [-0.2, -0.15) is 0 Å². The Kier molecular flexibility index (Phi) is 4.09. The van der Waals surface area contributed by atoms with E-state index in [9.17, 15) is 18.3 Å². The Hall–Kier alpha value is -2.34. The molecule has 1 saturated carbocycles. The number of aliphatic carboxylic acids is 1. The second-order valence-electron chi connectivity index (χ2n) is 5.99. The summed E-state index contributed by atoms with van der Waals surface area (Å²) < 4.78 is 30.8. The smallest absolute Gasteiger partial charge is 0.308 e. The third-order valence-corrected chi connectivity index (χ3v) is 6.68. The van der Waals surface area contributed by atoms with Gasteiger partial charge in [-0.15, -0.1) is 0 Å². The van der Waals surface area contributed by atoms with Crippen molar-refractivity contribution in [2.45, 2.75) is 23.0 Å². The molecule has 0 bridgehead atoms. The van der Waals surface area contributed by atoms with Crippen molar-refractivity contribution < 1.29 is 23.1 Å². The first-order chi connectivity index (χ1) is 11.4. The van der Waals surface area contributed by atoms with Gasteiger partial charge in [0.2, 0.25) is 0 Å². The number of rotatable bonds is 5. The van der Waals surface area contributed by atoms with Gasteiger partial charge in [-0.3, -0.25) is 4.79 Å². The quantitative estimate of drug-likeness (QED) is 0.900. The summed E-state index contributed by atoms with van der Waals surface area (Å²) in [5, 5.41) is 8.48. The van der Waals surface area contributed by atoms with Gasteiger partial charge in [-0.25, -0.2) is 8.42 Å². The molecule has 3 atom stereocenters. The van der Waals surface area contributed by atoms with E-state index in [0.717, 1.165) is 5.56 Å². The molecule has 0 saturated heterocycles. The normalized spacial score (nSPS) is 22.8. The Bertz CT molecular complexity index is 853. The van der Waals surface area contributed by atoms with Gasteiger partial charge in [0, 0.05) is 5.92 Å². The minimum Gasteiger partial charge on any atom is -0.497 e. The van der Waals surface area contributed by atoms with E-state index >= 15 is 0 Å². The highest BCUT2D eigenvalue weighted by Gasteiger charge is 2.63. The van der Waals surface area contributed by atoms with E-state index in [2.05, 4.69) is 0 Å². The number of hydrogen-bond donors (Lipinski definition) is 1. The van der Waals surface area contributed by atoms with Crippen LogP contribution >= 0.6 is 0 Å². The van der Waals surface area contributed by atoms with E-state index in [0.29, 0.717) is 11.3 Å². The van der Waals surface area contributed by atoms with E-state index < -0.39 is 32.9 Å². The van der Waals surface area contributed by atoms with Crippen LogP contribution in [-0.2, 0) is 14.6 Å². The first-order valence-corrected chi connectivity index (χ1v) is 9.08. The van der Waals surface area contributed by atoms with Crippen LogP contribution in [0.4, 0.5) is 0 Å². The first-order valence-electron chi connectivity index (χ1n) is 7.53. The highest BCUT2D eigenvalue weighted by atomic mass is 32.2. The predicted molar refractivity (Wildman–Crippen MR) is 89.0 cm³/mol. The average Bonchev–Trinajstić information content (AvgIpc) is 3.32. The topological polar surface area (TPSA) is 80.7 Å². The van der Waals surface area contributed by atoms with Gasteiger partial charge in [0.1, 0.15) is 5.75 Å². The van der Waals surface area contributed by atoms with Gasteiger partial charge in [0.05, 0.1) is 23.2 Å². The van der Waals surface area contributed by atoms with E-state index in [1.165, 1.54) is 19.2 Å². The number of carbonyl (C=O) groups is 1. The molecule has 5 nitrogen and oxygen atoms in total. The highest BCUT2D eigenvalue weighted by molar-refractivity contribution is 7.92. The van der Waals surface area contributed by atoms with Gasteiger partial charge in [-0.05, 0) is 36.8 Å². The van der Waals surface area contributed by atoms with Crippen LogP contribution in [0.25, 0.3) is 0 Å². The van der Waals surface area contributed by atoms with Crippen molar-refractivity contribution >= 4 is 15.8 Å². The van der Waals surface area contributed by atoms with Crippen molar-refractivity contribution in [3.8, 4) is 5.75 Å². The minimum atomic E-state index is -3.70. The predicted octanol–water partition coefficient (Wildman–Crippen LogP) is 2.64. The zero-order valence-electron chi connectivity index (χ0n) is 13.3. The van der Waals surface area contributed by atoms with Crippen molar-refractivity contribution in [3.63, 3.8) is 0 Å². The Morgan fingerprint density at radius 1 is 1.04 bits per heavy atom. The molecule has 0 radical (unpaired) electrons. The molecule has 0 spiro atoms. The monoisotopic (exact) mass is 346 g/mol. The molecule has 1 fully saturated rings. The van der Waals surface area contributed by atoms with Crippen LogP contribution in [0, 0.1) is 12.8 Å². The second-order valence-corrected chi connectivity index (χ2v) is 8.09. The number of benzene rings is 2. The van der Waals surface area contributed by atoms with Crippen molar-refractivity contribution in [2.75, 3.05) is 7.11 Å². The summed E-state index contributed by atoms with van der Waals surface area (Å²) in [6, 6.07) is 13.4. The maximum absolute atomic E-state index is 12.8. The molecular formula is C18H18O5S. The summed E-state index contributed by atoms with van der Waals surface area (Å²) >= 11 is 0. The van der Waals surface area contributed by atoms with Crippen LogP contribution in [0.2, 0.25) is 0 Å². The fourth-order valence-corrected chi connectivity index (χ4v) is 5.19. The molecule has 126 valence electrons. The lowest BCUT2D eigenvalue weighted by Crippen LogP contribution is -2.13. The third-order valence-electron chi connectivity index (χ3n) is 4.45. The highest BCUT2D eigenvalue weighted by Crippen LogP contribution is 2.54. The van der Waals surface area contributed by atoms with Gasteiger partial charge in [0.15, 0.2) is 9.84 Å². The Labute approximate surface area is 140 Å². The van der Waals surface area contributed by atoms with Crippen molar-refractivity contribution in [1.29, 1.82) is 0 Å². The number of aryl methyl sites for hydroxylation is 1. The lowest BCUT2D eigenvalue weighted by molar-refractivity contribution is -0.138. The summed E-state index contributed by atoms with van der Waals surface area (Å²) in [5.74, 6) is -1.91. The summed E-state index contributed by atoms with van der Waals surface area (Å²) in [5.41, 5.74) is 1.65. The van der Waals surface area contributed by atoms with E-state index in [1.54, 1.807) is 36.4 Å². The molecule has 0 amide bonds. The summed E-state index contributed by atoms with van der Waals surface area (Å²) in [4.78, 5) is 11.7. The maximum atomic E-state index is 12.8. The zero-order valence-corrected chi connectivity index (χ0v) is 14.2. The van der Waals surface area contributed by atoms with E-state index in [-0.39, 0.29) is 4.90 Å². The van der Waals surface area contributed by atoms with Gasteiger partial charge in [0.25, 0.3) is 0 Å². The van der Waals surface area contributed by atoms with Gasteiger partial charge >= 0.3 is 5.97 Å². The van der Waals surface area contributed by atoms with Gasteiger partial charge in [-0.1, -0.05) is 29.8 Å². The maximum Gasteiger partial charge on any atom is 0.308 e. The van der Waals surface area contributed by atoms with Crippen LogP contribution < -0.4 is 4.74 Å². The molecule has 2 aromatic rings. The first kappa shape index (κ1) is 16.5. The second kappa shape index (κ2) is 5.94. The Balaban J connectivity index is 1.96. The fourth-order valence-electron chi connectivity index (χ4n) is 3.07. The summed E-state index contributed by atoms with van der Waals surface area (Å²) in [6.45, 7) is 1.87. The van der Waals surface area contributed by atoms with Crippen LogP contribution in [-0.4, -0.2) is 31.9 Å². The summed E-state index contributed by atoms with van der Waals surface area (Å²) in [6.07, 6.45) is 0. The molecule has 0 unspecified atom stereocenters. The number of hydrogen-bond acceptors (Lipinski definition) is 4. The van der Waals surface area contributed by atoms with Gasteiger partial charge < -0.3 is 9.84 Å². The lowest BCUT2D eigenvalue weighted by Gasteiger charge is -2.05. The number of ether oxygens (including phenoxy) is 1. The molecular weight excluding hydrogens is 328 g/mol. The number of sulfone groups is 1. The van der Waals surface area contributed by atoms with E-state index in [4.69, 9.17) is 4.74 Å². The van der Waals surface area contributed by atoms with E-state index in [1.807, 2.05) is 6.92 Å². The molecule has 1 aliphatic rings. The largest absolute Gasteiger partial charge is 0.497 e. The number of carboxylic acid groups (broad SMARTS) is 1.